The Morgan fingerprint density at radius 3 is 1.60 bits per heavy atom. The number of nitrogens with two attached hydrogens (primary N) is 2. The lowest BCUT2D eigenvalue weighted by Crippen LogP contribution is -2.01. The van der Waals surface area contributed by atoms with Gasteiger partial charge < -0.3 is 20.6 Å². The maximum Gasteiger partial charge on any atom is 0.0634 e. The fourth-order valence-electron chi connectivity index (χ4n) is 6.89. The third kappa shape index (κ3) is 2.60. The summed E-state index contributed by atoms with van der Waals surface area (Å²) in [6, 6.07) is 43.4. The Balaban J connectivity index is 1.37. The Morgan fingerprint density at radius 1 is 0.400 bits per heavy atom. The van der Waals surface area contributed by atoms with Crippen LogP contribution in [0.2, 0.25) is 0 Å². The Labute approximate surface area is 230 Å². The molecule has 0 bridgehead atoms. The van der Waals surface area contributed by atoms with E-state index in [0.717, 1.165) is 33.3 Å². The summed E-state index contributed by atoms with van der Waals surface area (Å²) in [6.07, 6.45) is 0. The highest BCUT2D eigenvalue weighted by molar-refractivity contribution is 6.17. The minimum atomic E-state index is 0.663. The molecule has 4 heteroatoms. The average molecular weight is 513 g/mol. The molecule has 2 aromatic heterocycles. The molecule has 40 heavy (non-hydrogen) atoms. The van der Waals surface area contributed by atoms with Crippen molar-refractivity contribution in [3.05, 3.63) is 132 Å². The SMILES string of the molecule is NC1=C(N)c2ccc(-n3c4ccccc4c4cc(-n5c6ccccc6c6ccccc65)ccc43)c3cccc1c23. The van der Waals surface area contributed by atoms with Gasteiger partial charge in [-0.3, -0.25) is 0 Å². The lowest BCUT2D eigenvalue weighted by Gasteiger charge is -2.14. The second kappa shape index (κ2) is 7.55. The molecule has 0 amide bonds. The van der Waals surface area contributed by atoms with Crippen molar-refractivity contribution in [1.29, 1.82) is 0 Å². The average Bonchev–Trinajstić information content (AvgIpc) is 3.60. The van der Waals surface area contributed by atoms with Crippen LogP contribution in [0.5, 0.6) is 0 Å². The van der Waals surface area contributed by atoms with E-state index in [4.69, 9.17) is 11.5 Å². The van der Waals surface area contributed by atoms with Crippen molar-refractivity contribution < 1.29 is 0 Å². The van der Waals surface area contributed by atoms with Crippen LogP contribution in [-0.4, -0.2) is 9.13 Å². The van der Waals surface area contributed by atoms with Gasteiger partial charge in [-0.25, -0.2) is 0 Å². The van der Waals surface area contributed by atoms with E-state index in [-0.39, 0.29) is 0 Å². The summed E-state index contributed by atoms with van der Waals surface area (Å²) < 4.78 is 4.76. The third-order valence-electron chi connectivity index (χ3n) is 8.62. The zero-order chi connectivity index (χ0) is 26.5. The maximum atomic E-state index is 6.42. The Bertz CT molecular complexity index is 2330. The van der Waals surface area contributed by atoms with Crippen molar-refractivity contribution >= 4 is 65.8 Å². The zero-order valence-electron chi connectivity index (χ0n) is 21.6. The van der Waals surface area contributed by atoms with E-state index in [9.17, 15) is 0 Å². The zero-order valence-corrected chi connectivity index (χ0v) is 21.6. The highest BCUT2D eigenvalue weighted by Crippen LogP contribution is 2.42. The van der Waals surface area contributed by atoms with Gasteiger partial charge in [-0.2, -0.15) is 0 Å². The minimum absolute atomic E-state index is 0.663. The molecule has 0 saturated carbocycles. The van der Waals surface area contributed by atoms with Gasteiger partial charge in [-0.15, -0.1) is 0 Å². The fourth-order valence-corrected chi connectivity index (χ4v) is 6.89. The van der Waals surface area contributed by atoms with Crippen molar-refractivity contribution in [3.63, 3.8) is 0 Å². The van der Waals surface area contributed by atoms with Crippen molar-refractivity contribution in [1.82, 2.24) is 9.13 Å². The summed E-state index contributed by atoms with van der Waals surface area (Å²) in [6.45, 7) is 0. The third-order valence-corrected chi connectivity index (χ3v) is 8.62. The first kappa shape index (κ1) is 21.5. The van der Waals surface area contributed by atoms with Gasteiger partial charge in [0.05, 0.1) is 39.1 Å². The molecule has 1 aliphatic carbocycles. The Hall–Kier alpha value is -5.48. The summed E-state index contributed by atoms with van der Waals surface area (Å²) >= 11 is 0. The molecule has 188 valence electrons. The predicted octanol–water partition coefficient (Wildman–Crippen LogP) is 8.09. The quantitative estimate of drug-likeness (QED) is 0.246. The van der Waals surface area contributed by atoms with E-state index in [1.807, 2.05) is 0 Å². The number of fused-ring (bicyclic) bond motifs is 6. The van der Waals surface area contributed by atoms with Gasteiger partial charge in [-0.05, 0) is 42.5 Å². The van der Waals surface area contributed by atoms with Crippen LogP contribution in [0.1, 0.15) is 11.1 Å². The molecule has 0 unspecified atom stereocenters. The lowest BCUT2D eigenvalue weighted by atomic mass is 10.0. The molecule has 8 aromatic rings. The van der Waals surface area contributed by atoms with E-state index in [1.54, 1.807) is 0 Å². The van der Waals surface area contributed by atoms with Gasteiger partial charge in [0.1, 0.15) is 0 Å². The summed E-state index contributed by atoms with van der Waals surface area (Å²) in [5, 5.41) is 7.24. The summed E-state index contributed by atoms with van der Waals surface area (Å²) in [5.74, 6) is 0. The molecule has 6 aromatic carbocycles. The van der Waals surface area contributed by atoms with Gasteiger partial charge in [-0.1, -0.05) is 78.9 Å². The summed E-state index contributed by atoms with van der Waals surface area (Å²) in [4.78, 5) is 0. The van der Waals surface area contributed by atoms with Gasteiger partial charge >= 0.3 is 0 Å². The number of benzene rings is 6. The first-order valence-electron chi connectivity index (χ1n) is 13.5. The van der Waals surface area contributed by atoms with Crippen LogP contribution in [0.4, 0.5) is 0 Å². The second-order valence-corrected chi connectivity index (χ2v) is 10.6. The van der Waals surface area contributed by atoms with E-state index in [2.05, 4.69) is 130 Å². The molecule has 0 aliphatic heterocycles. The van der Waals surface area contributed by atoms with Gasteiger partial charge in [0.25, 0.3) is 0 Å². The minimum Gasteiger partial charge on any atom is -0.397 e. The smallest absolute Gasteiger partial charge is 0.0634 e. The van der Waals surface area contributed by atoms with Crippen LogP contribution in [-0.2, 0) is 0 Å². The molecule has 0 fully saturated rings. The number of hydrogen-bond donors (Lipinski definition) is 2. The molecular weight excluding hydrogens is 488 g/mol. The first-order chi connectivity index (χ1) is 19.7. The molecule has 4 N–H and O–H groups in total. The predicted molar refractivity (Wildman–Crippen MR) is 168 cm³/mol. The molecule has 9 rings (SSSR count). The van der Waals surface area contributed by atoms with Gasteiger partial charge in [0.15, 0.2) is 0 Å². The van der Waals surface area contributed by atoms with Crippen LogP contribution in [0.25, 0.3) is 77.2 Å². The van der Waals surface area contributed by atoms with Crippen LogP contribution in [0.3, 0.4) is 0 Å². The Morgan fingerprint density at radius 2 is 0.925 bits per heavy atom. The van der Waals surface area contributed by atoms with Crippen LogP contribution in [0.15, 0.2) is 121 Å². The largest absolute Gasteiger partial charge is 0.397 e. The first-order valence-corrected chi connectivity index (χ1v) is 13.5. The monoisotopic (exact) mass is 512 g/mol. The van der Waals surface area contributed by atoms with Gasteiger partial charge in [0.2, 0.25) is 0 Å². The van der Waals surface area contributed by atoms with Crippen molar-refractivity contribution in [2.24, 2.45) is 11.5 Å². The van der Waals surface area contributed by atoms with E-state index >= 15 is 0 Å². The van der Waals surface area contributed by atoms with E-state index < -0.39 is 0 Å². The van der Waals surface area contributed by atoms with E-state index in [1.165, 1.54) is 43.6 Å². The van der Waals surface area contributed by atoms with Crippen molar-refractivity contribution in [3.8, 4) is 11.4 Å². The normalized spacial score (nSPS) is 13.1. The number of nitrogens with zero attached hydrogens (tertiary/aromatic N) is 2. The Kier molecular flexibility index (Phi) is 4.05. The lowest BCUT2D eigenvalue weighted by molar-refractivity contribution is 1.17. The van der Waals surface area contributed by atoms with Crippen molar-refractivity contribution in [2.75, 3.05) is 0 Å². The molecular formula is C36H24N4. The number of para-hydroxylation sites is 3. The molecule has 0 saturated heterocycles. The van der Waals surface area contributed by atoms with E-state index in [0.29, 0.717) is 11.4 Å². The fraction of sp³-hybridized carbons (Fsp3) is 0. The molecule has 0 spiro atoms. The number of rotatable bonds is 2. The molecule has 0 atom stereocenters. The maximum absolute atomic E-state index is 6.42. The molecule has 1 aliphatic rings. The van der Waals surface area contributed by atoms with Crippen molar-refractivity contribution in [2.45, 2.75) is 0 Å². The molecule has 2 heterocycles. The highest BCUT2D eigenvalue weighted by Gasteiger charge is 2.23. The van der Waals surface area contributed by atoms with Crippen LogP contribution >= 0.6 is 0 Å². The van der Waals surface area contributed by atoms with Crippen LogP contribution < -0.4 is 11.5 Å². The standard InChI is InChI=1S/C36H24N4/c37-35-26-12-7-11-25-32(19-17-27(34(25)26)36(35)38)40-31-15-6-3-10-24(31)28-20-21(16-18-33(28)40)39-29-13-4-1-8-22(29)23-9-2-5-14-30(23)39/h1-20H,37-38H2. The summed E-state index contributed by atoms with van der Waals surface area (Å²) in [7, 11) is 0. The molecule has 0 radical (unpaired) electrons. The topological polar surface area (TPSA) is 61.9 Å². The van der Waals surface area contributed by atoms with Crippen LogP contribution in [0, 0.1) is 0 Å². The second-order valence-electron chi connectivity index (χ2n) is 10.6. The highest BCUT2D eigenvalue weighted by atomic mass is 15.0. The molecule has 4 nitrogen and oxygen atoms in total. The number of hydrogen-bond acceptors (Lipinski definition) is 2. The van der Waals surface area contributed by atoms with Gasteiger partial charge in [0, 0.05) is 49.1 Å². The summed E-state index contributed by atoms with van der Waals surface area (Å²) in [5.41, 5.74) is 23.2. The number of aromatic nitrogens is 2.